The van der Waals surface area contributed by atoms with Crippen molar-refractivity contribution in [2.24, 2.45) is 11.8 Å². The number of rotatable bonds is 8. The summed E-state index contributed by atoms with van der Waals surface area (Å²) >= 11 is 23.4. The van der Waals surface area contributed by atoms with E-state index in [0.29, 0.717) is 35.4 Å². The lowest BCUT2D eigenvalue weighted by Crippen LogP contribution is -2.09. The van der Waals surface area contributed by atoms with Gasteiger partial charge in [0.25, 0.3) is 0 Å². The molecule has 4 heteroatoms. The molecule has 0 saturated heterocycles. The van der Waals surface area contributed by atoms with Gasteiger partial charge in [-0.2, -0.15) is 0 Å². The van der Waals surface area contributed by atoms with Crippen LogP contribution in [0.25, 0.3) is 0 Å². The second-order valence-electron chi connectivity index (χ2n) is 4.57. The van der Waals surface area contributed by atoms with Crippen LogP contribution in [-0.2, 0) is 12.8 Å². The number of benzene rings is 1. The monoisotopic (exact) mass is 326 g/mol. The maximum atomic E-state index is 5.84. The third-order valence-electron chi connectivity index (χ3n) is 2.94. The van der Waals surface area contributed by atoms with E-state index in [-0.39, 0.29) is 0 Å². The van der Waals surface area contributed by atoms with Crippen LogP contribution in [0, 0.1) is 11.8 Å². The van der Waals surface area contributed by atoms with Crippen LogP contribution in [0.15, 0.2) is 24.3 Å². The molecule has 0 N–H and O–H groups in total. The standard InChI is InChI=1S/C14H18Cl4/c15-7-13(8-16)5-11-1-2-12(4-3-11)6-14(9-17)10-18/h1-4,13-14H,5-10H2. The third-order valence-corrected chi connectivity index (χ3v) is 4.69. The smallest absolute Gasteiger partial charge is 0.0266 e. The van der Waals surface area contributed by atoms with E-state index in [1.165, 1.54) is 11.1 Å². The number of alkyl halides is 4. The van der Waals surface area contributed by atoms with Gasteiger partial charge in [-0.25, -0.2) is 0 Å². The fraction of sp³-hybridized carbons (Fsp3) is 0.571. The van der Waals surface area contributed by atoms with E-state index in [0.717, 1.165) is 12.8 Å². The van der Waals surface area contributed by atoms with Gasteiger partial charge in [-0.1, -0.05) is 24.3 Å². The molecule has 1 rings (SSSR count). The molecule has 18 heavy (non-hydrogen) atoms. The number of hydrogen-bond acceptors (Lipinski definition) is 0. The molecule has 0 fully saturated rings. The molecule has 0 aliphatic carbocycles. The summed E-state index contributed by atoms with van der Waals surface area (Å²) in [5.41, 5.74) is 2.55. The highest BCUT2D eigenvalue weighted by molar-refractivity contribution is 6.21. The van der Waals surface area contributed by atoms with Crippen molar-refractivity contribution < 1.29 is 0 Å². The lowest BCUT2D eigenvalue weighted by atomic mass is 9.98. The SMILES string of the molecule is ClCC(CCl)Cc1ccc(CC(CCl)CCl)cc1. The van der Waals surface area contributed by atoms with Crippen molar-refractivity contribution in [2.45, 2.75) is 12.8 Å². The van der Waals surface area contributed by atoms with Crippen molar-refractivity contribution in [1.82, 2.24) is 0 Å². The molecule has 0 amide bonds. The Balaban J connectivity index is 2.56. The molecule has 0 radical (unpaired) electrons. The topological polar surface area (TPSA) is 0 Å². The predicted octanol–water partition coefficient (Wildman–Crippen LogP) is 4.96. The highest BCUT2D eigenvalue weighted by Gasteiger charge is 2.09. The third kappa shape index (κ3) is 5.57. The Morgan fingerprint density at radius 2 is 0.889 bits per heavy atom. The molecule has 0 saturated carbocycles. The summed E-state index contributed by atoms with van der Waals surface area (Å²) in [6, 6.07) is 8.56. The first-order chi connectivity index (χ1) is 8.73. The molecule has 0 atom stereocenters. The molecular formula is C14H18Cl4. The average molecular weight is 328 g/mol. The van der Waals surface area contributed by atoms with Gasteiger partial charge in [-0.05, 0) is 35.8 Å². The Morgan fingerprint density at radius 1 is 0.611 bits per heavy atom. The fourth-order valence-corrected chi connectivity index (χ4v) is 2.88. The summed E-state index contributed by atoms with van der Waals surface area (Å²) in [7, 11) is 0. The first kappa shape index (κ1) is 16.4. The molecule has 0 heterocycles. The van der Waals surface area contributed by atoms with Crippen LogP contribution >= 0.6 is 46.4 Å². The van der Waals surface area contributed by atoms with Crippen LogP contribution in [-0.4, -0.2) is 23.5 Å². The minimum absolute atomic E-state index is 0.345. The molecular weight excluding hydrogens is 310 g/mol. The summed E-state index contributed by atoms with van der Waals surface area (Å²) in [6.07, 6.45) is 1.86. The molecule has 0 aliphatic heterocycles. The van der Waals surface area contributed by atoms with Crippen molar-refractivity contribution >= 4 is 46.4 Å². The van der Waals surface area contributed by atoms with Crippen molar-refractivity contribution in [2.75, 3.05) is 23.5 Å². The largest absolute Gasteiger partial charge is 0.126 e. The number of halogens is 4. The zero-order valence-corrected chi connectivity index (χ0v) is 13.2. The van der Waals surface area contributed by atoms with Gasteiger partial charge in [0.05, 0.1) is 0 Å². The quantitative estimate of drug-likeness (QED) is 0.592. The van der Waals surface area contributed by atoms with Crippen molar-refractivity contribution in [3.8, 4) is 0 Å². The van der Waals surface area contributed by atoms with Gasteiger partial charge in [0.2, 0.25) is 0 Å². The van der Waals surface area contributed by atoms with Crippen molar-refractivity contribution in [1.29, 1.82) is 0 Å². The van der Waals surface area contributed by atoms with E-state index in [2.05, 4.69) is 24.3 Å². The van der Waals surface area contributed by atoms with E-state index in [9.17, 15) is 0 Å². The molecule has 1 aromatic rings. The molecule has 0 aliphatic rings. The molecule has 0 nitrogen and oxygen atoms in total. The molecule has 0 bridgehead atoms. The normalized spacial score (nSPS) is 11.4. The molecule has 0 unspecified atom stereocenters. The Morgan fingerprint density at radius 3 is 1.11 bits per heavy atom. The fourth-order valence-electron chi connectivity index (χ4n) is 1.78. The van der Waals surface area contributed by atoms with Crippen LogP contribution in [0.4, 0.5) is 0 Å². The average Bonchev–Trinajstić information content (AvgIpc) is 2.43. The van der Waals surface area contributed by atoms with Crippen molar-refractivity contribution in [3.63, 3.8) is 0 Å². The first-order valence-corrected chi connectivity index (χ1v) is 8.19. The molecule has 102 valence electrons. The van der Waals surface area contributed by atoms with Crippen LogP contribution in [0.5, 0.6) is 0 Å². The minimum Gasteiger partial charge on any atom is -0.126 e. The number of hydrogen-bond donors (Lipinski definition) is 0. The molecule has 0 spiro atoms. The summed E-state index contributed by atoms with van der Waals surface area (Å²) < 4.78 is 0. The van der Waals surface area contributed by atoms with Gasteiger partial charge in [0.15, 0.2) is 0 Å². The summed E-state index contributed by atoms with van der Waals surface area (Å²) in [5.74, 6) is 3.10. The molecule has 1 aromatic carbocycles. The van der Waals surface area contributed by atoms with Crippen LogP contribution < -0.4 is 0 Å². The van der Waals surface area contributed by atoms with E-state index >= 15 is 0 Å². The van der Waals surface area contributed by atoms with Crippen LogP contribution in [0.3, 0.4) is 0 Å². The zero-order chi connectivity index (χ0) is 13.4. The van der Waals surface area contributed by atoms with Crippen molar-refractivity contribution in [3.05, 3.63) is 35.4 Å². The second kappa shape index (κ2) is 9.31. The van der Waals surface area contributed by atoms with Gasteiger partial charge in [0.1, 0.15) is 0 Å². The first-order valence-electron chi connectivity index (χ1n) is 6.05. The van der Waals surface area contributed by atoms with Gasteiger partial charge in [-0.15, -0.1) is 46.4 Å². The zero-order valence-electron chi connectivity index (χ0n) is 10.2. The van der Waals surface area contributed by atoms with E-state index < -0.39 is 0 Å². The maximum absolute atomic E-state index is 5.84. The summed E-state index contributed by atoms with van der Waals surface area (Å²) in [4.78, 5) is 0. The van der Waals surface area contributed by atoms with E-state index in [1.807, 2.05) is 0 Å². The second-order valence-corrected chi connectivity index (χ2v) is 5.81. The maximum Gasteiger partial charge on any atom is 0.0266 e. The predicted molar refractivity (Wildman–Crippen MR) is 83.7 cm³/mol. The van der Waals surface area contributed by atoms with E-state index in [4.69, 9.17) is 46.4 Å². The van der Waals surface area contributed by atoms with Gasteiger partial charge in [0, 0.05) is 23.5 Å². The van der Waals surface area contributed by atoms with Gasteiger partial charge >= 0.3 is 0 Å². The molecule has 0 aromatic heterocycles. The Bertz CT molecular complexity index is 282. The van der Waals surface area contributed by atoms with Gasteiger partial charge in [-0.3, -0.25) is 0 Å². The lowest BCUT2D eigenvalue weighted by Gasteiger charge is -2.12. The lowest BCUT2D eigenvalue weighted by molar-refractivity contribution is 0.655. The van der Waals surface area contributed by atoms with Crippen LogP contribution in [0.2, 0.25) is 0 Å². The minimum atomic E-state index is 0.345. The summed E-state index contributed by atoms with van der Waals surface area (Å²) in [5, 5.41) is 0. The Labute approximate surface area is 130 Å². The summed E-state index contributed by atoms with van der Waals surface area (Å²) in [6.45, 7) is 0. The van der Waals surface area contributed by atoms with E-state index in [1.54, 1.807) is 0 Å². The Kier molecular flexibility index (Phi) is 8.50. The Hall–Kier alpha value is 0.380. The highest BCUT2D eigenvalue weighted by atomic mass is 35.5. The van der Waals surface area contributed by atoms with Gasteiger partial charge < -0.3 is 0 Å². The van der Waals surface area contributed by atoms with Crippen LogP contribution in [0.1, 0.15) is 11.1 Å². The highest BCUT2D eigenvalue weighted by Crippen LogP contribution is 2.16.